The van der Waals surface area contributed by atoms with Crippen molar-refractivity contribution in [3.8, 4) is 0 Å². The molecule has 1 aromatic carbocycles. The second kappa shape index (κ2) is 5.78. The largest absolute Gasteiger partial charge is 0.298 e. The molecule has 0 radical (unpaired) electrons. The van der Waals surface area contributed by atoms with E-state index in [2.05, 4.69) is 33.0 Å². The topological polar surface area (TPSA) is 20.3 Å². The lowest BCUT2D eigenvalue weighted by Crippen LogP contribution is -2.33. The number of halogens is 1. The van der Waals surface area contributed by atoms with Crippen LogP contribution in [0.1, 0.15) is 26.3 Å². The Kier molecular flexibility index (Phi) is 4.90. The highest BCUT2D eigenvalue weighted by molar-refractivity contribution is 9.10. The molecular weight excluding hydrogens is 278 g/mol. The minimum Gasteiger partial charge on any atom is -0.298 e. The molecular formula is C14H20BrNO. The van der Waals surface area contributed by atoms with Crippen LogP contribution in [0.15, 0.2) is 28.7 Å². The fourth-order valence-corrected chi connectivity index (χ4v) is 1.93. The smallest absolute Gasteiger partial charge is 0.152 e. The molecule has 3 heteroatoms. The van der Waals surface area contributed by atoms with E-state index in [1.54, 1.807) is 0 Å². The number of likely N-dealkylation sites (N-methyl/N-ethyl adjacent to an activating group) is 1. The first-order valence-corrected chi connectivity index (χ1v) is 6.54. The Morgan fingerprint density at radius 2 is 2.00 bits per heavy atom. The number of Topliss-reactive ketones (excluding diaryl/α,β-unsaturated/α-hetero) is 1. The molecule has 94 valence electrons. The van der Waals surface area contributed by atoms with Crippen LogP contribution in [0, 0.1) is 5.41 Å². The number of carbonyl (C=O) groups is 1. The Bertz CT molecular complexity index is 395. The highest BCUT2D eigenvalue weighted by Crippen LogP contribution is 2.16. The minimum atomic E-state index is -0.258. The molecule has 0 saturated heterocycles. The van der Waals surface area contributed by atoms with Crippen LogP contribution in [0.5, 0.6) is 0 Å². The van der Waals surface area contributed by atoms with Crippen LogP contribution < -0.4 is 0 Å². The van der Waals surface area contributed by atoms with Gasteiger partial charge in [0, 0.05) is 16.4 Å². The van der Waals surface area contributed by atoms with Crippen LogP contribution in [-0.4, -0.2) is 24.3 Å². The van der Waals surface area contributed by atoms with Gasteiger partial charge < -0.3 is 0 Å². The molecule has 0 spiro atoms. The van der Waals surface area contributed by atoms with Crippen molar-refractivity contribution >= 4 is 21.7 Å². The van der Waals surface area contributed by atoms with E-state index in [-0.39, 0.29) is 11.2 Å². The molecule has 0 N–H and O–H groups in total. The summed E-state index contributed by atoms with van der Waals surface area (Å²) in [6.45, 7) is 7.17. The van der Waals surface area contributed by atoms with Gasteiger partial charge in [-0.05, 0) is 24.7 Å². The van der Waals surface area contributed by atoms with Crippen molar-refractivity contribution in [2.24, 2.45) is 5.41 Å². The van der Waals surface area contributed by atoms with E-state index in [1.165, 1.54) is 5.56 Å². The molecule has 2 nitrogen and oxygen atoms in total. The Morgan fingerprint density at radius 1 is 1.35 bits per heavy atom. The summed E-state index contributed by atoms with van der Waals surface area (Å²) in [7, 11) is 1.98. The van der Waals surface area contributed by atoms with Crippen molar-refractivity contribution in [3.63, 3.8) is 0 Å². The van der Waals surface area contributed by atoms with Gasteiger partial charge in [0.1, 0.15) is 0 Å². The van der Waals surface area contributed by atoms with Crippen LogP contribution in [0.25, 0.3) is 0 Å². The molecule has 0 atom stereocenters. The molecule has 0 aliphatic heterocycles. The first-order valence-electron chi connectivity index (χ1n) is 5.75. The molecule has 0 unspecified atom stereocenters. The first-order chi connectivity index (χ1) is 7.79. The van der Waals surface area contributed by atoms with Gasteiger partial charge in [-0.25, -0.2) is 0 Å². The number of nitrogens with zero attached hydrogens (tertiary/aromatic N) is 1. The van der Waals surface area contributed by atoms with Crippen LogP contribution in [0.2, 0.25) is 0 Å². The SMILES string of the molecule is CN(CC(=O)C(C)(C)C)Cc1cccc(Br)c1. The Labute approximate surface area is 112 Å². The van der Waals surface area contributed by atoms with Crippen LogP contribution >= 0.6 is 15.9 Å². The molecule has 0 aromatic heterocycles. The van der Waals surface area contributed by atoms with Gasteiger partial charge in [0.25, 0.3) is 0 Å². The summed E-state index contributed by atoms with van der Waals surface area (Å²) in [5.41, 5.74) is 0.953. The Hall–Kier alpha value is -0.670. The summed E-state index contributed by atoms with van der Waals surface area (Å²) >= 11 is 3.45. The number of benzene rings is 1. The maximum Gasteiger partial charge on any atom is 0.152 e. The molecule has 0 aliphatic carbocycles. The number of rotatable bonds is 4. The fraction of sp³-hybridized carbons (Fsp3) is 0.500. The standard InChI is InChI=1S/C14H20BrNO/c1-14(2,3)13(17)10-16(4)9-11-6-5-7-12(15)8-11/h5-8H,9-10H2,1-4H3. The maximum atomic E-state index is 11.9. The van der Waals surface area contributed by atoms with Gasteiger partial charge in [-0.15, -0.1) is 0 Å². The zero-order valence-corrected chi connectivity index (χ0v) is 12.5. The van der Waals surface area contributed by atoms with Crippen molar-refractivity contribution in [2.75, 3.05) is 13.6 Å². The summed E-state index contributed by atoms with van der Waals surface area (Å²) in [4.78, 5) is 13.9. The highest BCUT2D eigenvalue weighted by Gasteiger charge is 2.22. The van der Waals surface area contributed by atoms with Gasteiger partial charge >= 0.3 is 0 Å². The van der Waals surface area contributed by atoms with Gasteiger partial charge in [0.05, 0.1) is 6.54 Å². The Balaban J connectivity index is 2.56. The number of hydrogen-bond acceptors (Lipinski definition) is 2. The zero-order chi connectivity index (χ0) is 13.1. The lowest BCUT2D eigenvalue weighted by molar-refractivity contribution is -0.127. The third kappa shape index (κ3) is 5.00. The van der Waals surface area contributed by atoms with Crippen molar-refractivity contribution < 1.29 is 4.79 Å². The van der Waals surface area contributed by atoms with E-state index in [9.17, 15) is 4.79 Å². The van der Waals surface area contributed by atoms with Gasteiger partial charge in [-0.1, -0.05) is 48.8 Å². The second-order valence-corrected chi connectivity index (χ2v) is 6.39. The van der Waals surface area contributed by atoms with E-state index < -0.39 is 0 Å². The third-order valence-corrected chi connectivity index (χ3v) is 3.08. The molecule has 1 rings (SSSR count). The number of ketones is 1. The molecule has 0 fully saturated rings. The van der Waals surface area contributed by atoms with E-state index in [1.807, 2.05) is 40.0 Å². The normalized spacial score (nSPS) is 11.9. The van der Waals surface area contributed by atoms with Crippen LogP contribution in [-0.2, 0) is 11.3 Å². The highest BCUT2D eigenvalue weighted by atomic mass is 79.9. The summed E-state index contributed by atoms with van der Waals surface area (Å²) in [6.07, 6.45) is 0. The van der Waals surface area contributed by atoms with Gasteiger partial charge in [0.15, 0.2) is 5.78 Å². The second-order valence-electron chi connectivity index (χ2n) is 5.48. The van der Waals surface area contributed by atoms with Gasteiger partial charge in [-0.3, -0.25) is 9.69 Å². The molecule has 0 aliphatic rings. The average Bonchev–Trinajstić information content (AvgIpc) is 2.15. The van der Waals surface area contributed by atoms with E-state index in [0.29, 0.717) is 6.54 Å². The minimum absolute atomic E-state index is 0.258. The quantitative estimate of drug-likeness (QED) is 0.848. The summed E-state index contributed by atoms with van der Waals surface area (Å²) in [5.74, 6) is 0.273. The molecule has 1 aromatic rings. The molecule has 0 saturated carbocycles. The zero-order valence-electron chi connectivity index (χ0n) is 11.0. The predicted octanol–water partition coefficient (Wildman–Crippen LogP) is 3.50. The van der Waals surface area contributed by atoms with Crippen LogP contribution in [0.3, 0.4) is 0 Å². The van der Waals surface area contributed by atoms with Gasteiger partial charge in [0.2, 0.25) is 0 Å². The lowest BCUT2D eigenvalue weighted by atomic mass is 9.90. The predicted molar refractivity (Wildman–Crippen MR) is 74.9 cm³/mol. The molecule has 0 heterocycles. The van der Waals surface area contributed by atoms with Crippen molar-refractivity contribution in [1.82, 2.24) is 4.90 Å². The summed E-state index contributed by atoms with van der Waals surface area (Å²) in [6, 6.07) is 8.17. The van der Waals surface area contributed by atoms with E-state index >= 15 is 0 Å². The maximum absolute atomic E-state index is 11.9. The van der Waals surface area contributed by atoms with Crippen LogP contribution in [0.4, 0.5) is 0 Å². The molecule has 0 amide bonds. The number of carbonyl (C=O) groups excluding carboxylic acids is 1. The van der Waals surface area contributed by atoms with E-state index in [0.717, 1.165) is 11.0 Å². The molecule has 0 bridgehead atoms. The van der Waals surface area contributed by atoms with Crippen molar-refractivity contribution in [2.45, 2.75) is 27.3 Å². The monoisotopic (exact) mass is 297 g/mol. The average molecular weight is 298 g/mol. The Morgan fingerprint density at radius 3 is 2.53 bits per heavy atom. The van der Waals surface area contributed by atoms with Crippen molar-refractivity contribution in [1.29, 1.82) is 0 Å². The van der Waals surface area contributed by atoms with E-state index in [4.69, 9.17) is 0 Å². The van der Waals surface area contributed by atoms with Crippen molar-refractivity contribution in [3.05, 3.63) is 34.3 Å². The fourth-order valence-electron chi connectivity index (χ4n) is 1.49. The summed E-state index contributed by atoms with van der Waals surface area (Å²) in [5, 5.41) is 0. The summed E-state index contributed by atoms with van der Waals surface area (Å²) < 4.78 is 1.07. The van der Waals surface area contributed by atoms with Gasteiger partial charge in [-0.2, -0.15) is 0 Å². The lowest BCUT2D eigenvalue weighted by Gasteiger charge is -2.22. The first kappa shape index (κ1) is 14.4. The molecule has 17 heavy (non-hydrogen) atoms. The third-order valence-electron chi connectivity index (χ3n) is 2.59. The number of hydrogen-bond donors (Lipinski definition) is 0.